The molecule has 3 aliphatic heterocycles. The van der Waals surface area contributed by atoms with Crippen LogP contribution in [0.5, 0.6) is 5.75 Å². The summed E-state index contributed by atoms with van der Waals surface area (Å²) >= 11 is 1.79. The number of pyridine rings is 1. The average molecular weight is 448 g/mol. The van der Waals surface area contributed by atoms with Gasteiger partial charge in [0.25, 0.3) is 5.91 Å². The molecular weight excluding hydrogens is 426 g/mol. The Labute approximate surface area is 188 Å². The third-order valence-electron chi connectivity index (χ3n) is 6.39. The second kappa shape index (κ2) is 7.43. The van der Waals surface area contributed by atoms with Gasteiger partial charge in [-0.25, -0.2) is 0 Å². The zero-order chi connectivity index (χ0) is 21.8. The zero-order valence-electron chi connectivity index (χ0n) is 17.2. The van der Waals surface area contributed by atoms with Crippen LogP contribution in [-0.4, -0.2) is 46.5 Å². The number of hydrogen-bond acceptors (Lipinski definition) is 6. The molecule has 0 radical (unpaired) electrons. The predicted molar refractivity (Wildman–Crippen MR) is 121 cm³/mol. The van der Waals surface area contributed by atoms with Gasteiger partial charge >= 0.3 is 0 Å². The van der Waals surface area contributed by atoms with Crippen LogP contribution in [0, 0.1) is 0 Å². The van der Waals surface area contributed by atoms with E-state index in [1.54, 1.807) is 27.5 Å². The van der Waals surface area contributed by atoms with E-state index in [1.807, 2.05) is 24.3 Å². The van der Waals surface area contributed by atoms with Crippen LogP contribution in [0.15, 0.2) is 70.5 Å². The van der Waals surface area contributed by atoms with Gasteiger partial charge in [-0.1, -0.05) is 42.5 Å². The van der Waals surface area contributed by atoms with E-state index in [-0.39, 0.29) is 23.8 Å². The number of amides is 1. The Balaban J connectivity index is 1.66. The molecule has 0 aliphatic carbocycles. The van der Waals surface area contributed by atoms with Crippen molar-refractivity contribution in [3.8, 4) is 5.75 Å². The van der Waals surface area contributed by atoms with E-state index >= 15 is 0 Å². The summed E-state index contributed by atoms with van der Waals surface area (Å²) in [5, 5.41) is 12.7. The molecule has 3 aliphatic rings. The number of aromatic nitrogens is 1. The van der Waals surface area contributed by atoms with Crippen LogP contribution in [-0.2, 0) is 10.5 Å². The fourth-order valence-corrected chi connectivity index (χ4v) is 6.00. The number of carbonyl (C=O) groups is 1. The predicted octanol–water partition coefficient (Wildman–Crippen LogP) is 2.70. The third-order valence-corrected chi connectivity index (χ3v) is 7.52. The number of morpholine rings is 1. The van der Waals surface area contributed by atoms with E-state index < -0.39 is 11.2 Å². The zero-order valence-corrected chi connectivity index (χ0v) is 18.0. The van der Waals surface area contributed by atoms with Crippen molar-refractivity contribution in [2.75, 3.05) is 24.8 Å². The summed E-state index contributed by atoms with van der Waals surface area (Å²) in [7, 11) is 0. The lowest BCUT2D eigenvalue weighted by atomic mass is 9.93. The summed E-state index contributed by atoms with van der Waals surface area (Å²) < 4.78 is 7.46. The van der Waals surface area contributed by atoms with E-state index in [4.69, 9.17) is 4.74 Å². The van der Waals surface area contributed by atoms with Gasteiger partial charge < -0.3 is 14.7 Å². The number of hydrogen-bond donors (Lipinski definition) is 1. The van der Waals surface area contributed by atoms with Crippen molar-refractivity contribution in [3.63, 3.8) is 0 Å². The van der Waals surface area contributed by atoms with Crippen LogP contribution >= 0.6 is 11.8 Å². The molecule has 2 atom stereocenters. The molecule has 1 saturated heterocycles. The number of carbonyl (C=O) groups excluding carboxylic acids is 1. The normalized spacial score (nSPS) is 21.8. The molecule has 2 aromatic carbocycles. The van der Waals surface area contributed by atoms with E-state index in [0.29, 0.717) is 19.8 Å². The highest BCUT2D eigenvalue weighted by atomic mass is 32.2. The molecule has 0 saturated carbocycles. The molecule has 0 bridgehead atoms. The maximum atomic E-state index is 13.3. The first-order valence-electron chi connectivity index (χ1n) is 10.6. The van der Waals surface area contributed by atoms with Crippen molar-refractivity contribution < 1.29 is 14.6 Å². The molecule has 1 amide bonds. The molecule has 4 heterocycles. The molecule has 3 aromatic rings. The molecule has 1 aromatic heterocycles. The van der Waals surface area contributed by atoms with E-state index in [0.717, 1.165) is 16.9 Å². The Hall–Kier alpha value is -3.23. The monoisotopic (exact) mass is 447 g/mol. The van der Waals surface area contributed by atoms with Gasteiger partial charge in [-0.2, -0.15) is 0 Å². The third kappa shape index (κ3) is 2.79. The molecule has 32 heavy (non-hydrogen) atoms. The number of aromatic hydroxyl groups is 1. The van der Waals surface area contributed by atoms with Crippen LogP contribution in [0.25, 0.3) is 0 Å². The minimum Gasteiger partial charge on any atom is -0.502 e. The Morgan fingerprint density at radius 1 is 1.00 bits per heavy atom. The maximum absolute atomic E-state index is 13.3. The van der Waals surface area contributed by atoms with Crippen LogP contribution in [0.2, 0.25) is 0 Å². The van der Waals surface area contributed by atoms with Gasteiger partial charge in [0, 0.05) is 29.5 Å². The van der Waals surface area contributed by atoms with Crippen LogP contribution in [0.1, 0.15) is 33.2 Å². The highest BCUT2D eigenvalue weighted by Gasteiger charge is 2.45. The van der Waals surface area contributed by atoms with E-state index in [9.17, 15) is 14.7 Å². The molecule has 0 spiro atoms. The fraction of sp³-hybridized carbons (Fsp3) is 0.250. The fourth-order valence-electron chi connectivity index (χ4n) is 4.91. The second-order valence-electron chi connectivity index (χ2n) is 8.08. The van der Waals surface area contributed by atoms with Gasteiger partial charge in [0.15, 0.2) is 11.4 Å². The first kappa shape index (κ1) is 19.5. The van der Waals surface area contributed by atoms with Crippen LogP contribution in [0.3, 0.4) is 0 Å². The molecule has 1 fully saturated rings. The Bertz CT molecular complexity index is 1240. The summed E-state index contributed by atoms with van der Waals surface area (Å²) in [6.07, 6.45) is 1.21. The first-order valence-corrected chi connectivity index (χ1v) is 11.5. The van der Waals surface area contributed by atoms with E-state index in [2.05, 4.69) is 29.3 Å². The SMILES string of the molecule is O=C1c2c(O)c(=O)ccn2N([C@H]2c3ccccc3CSc3ccccc32)[C@H]2COCCN12. The Morgan fingerprint density at radius 2 is 1.78 bits per heavy atom. The van der Waals surface area contributed by atoms with Gasteiger partial charge in [-0.15, -0.1) is 11.8 Å². The summed E-state index contributed by atoms with van der Waals surface area (Å²) in [5.41, 5.74) is 2.90. The van der Waals surface area contributed by atoms with Crippen LogP contribution in [0.4, 0.5) is 0 Å². The minimum atomic E-state index is -0.562. The maximum Gasteiger partial charge on any atom is 0.278 e. The van der Waals surface area contributed by atoms with Gasteiger partial charge in [-0.05, 0) is 22.8 Å². The lowest BCUT2D eigenvalue weighted by Gasteiger charge is -2.51. The largest absolute Gasteiger partial charge is 0.502 e. The van der Waals surface area contributed by atoms with Crippen molar-refractivity contribution >= 4 is 17.7 Å². The van der Waals surface area contributed by atoms with Gasteiger partial charge in [0.2, 0.25) is 5.43 Å². The summed E-state index contributed by atoms with van der Waals surface area (Å²) in [5.74, 6) is -0.0322. The smallest absolute Gasteiger partial charge is 0.278 e. The topological polar surface area (TPSA) is 75.0 Å². The lowest BCUT2D eigenvalue weighted by molar-refractivity contribution is -0.0197. The summed E-state index contributed by atoms with van der Waals surface area (Å²) in [6, 6.07) is 17.7. The van der Waals surface area contributed by atoms with Crippen molar-refractivity contribution in [1.82, 2.24) is 9.58 Å². The van der Waals surface area contributed by atoms with Crippen LogP contribution < -0.4 is 10.4 Å². The number of thioether (sulfide) groups is 1. The van der Waals surface area contributed by atoms with Crippen molar-refractivity contribution in [2.24, 2.45) is 0 Å². The Kier molecular flexibility index (Phi) is 4.51. The van der Waals surface area contributed by atoms with Crippen molar-refractivity contribution in [2.45, 2.75) is 22.9 Å². The van der Waals surface area contributed by atoms with Gasteiger partial charge in [0.1, 0.15) is 6.17 Å². The molecule has 162 valence electrons. The highest BCUT2D eigenvalue weighted by Crippen LogP contribution is 2.44. The Morgan fingerprint density at radius 3 is 2.66 bits per heavy atom. The molecule has 8 heteroatoms. The standard InChI is InChI=1S/C24H21N3O4S/c28-18-9-10-26-22(23(18)29)24(30)25-11-12-31-13-20(25)27(26)21-16-6-2-1-5-15(16)14-32-19-8-4-3-7-17(19)21/h1-10,20-21,29H,11-14H2/t20-,21-/m0/s1. The highest BCUT2D eigenvalue weighted by molar-refractivity contribution is 7.98. The molecule has 7 nitrogen and oxygen atoms in total. The van der Waals surface area contributed by atoms with Gasteiger partial charge in [0.05, 0.1) is 19.3 Å². The van der Waals surface area contributed by atoms with Gasteiger partial charge in [-0.3, -0.25) is 19.3 Å². The molecule has 1 N–H and O–H groups in total. The quantitative estimate of drug-likeness (QED) is 0.618. The second-order valence-corrected chi connectivity index (χ2v) is 9.10. The summed E-state index contributed by atoms with van der Waals surface area (Å²) in [4.78, 5) is 28.5. The summed E-state index contributed by atoms with van der Waals surface area (Å²) in [6.45, 7) is 1.15. The molecule has 6 rings (SSSR count). The van der Waals surface area contributed by atoms with E-state index in [1.165, 1.54) is 16.5 Å². The minimum absolute atomic E-state index is 0.00233. The first-order chi connectivity index (χ1) is 15.6. The number of rotatable bonds is 1. The van der Waals surface area contributed by atoms with Crippen molar-refractivity contribution in [3.05, 3.63) is 93.4 Å². The average Bonchev–Trinajstić information content (AvgIpc) is 2.99. The number of benzene rings is 2. The number of nitrogens with zero attached hydrogens (tertiary/aromatic N) is 3. The number of ether oxygens (including phenoxy) is 1. The lowest BCUT2D eigenvalue weighted by Crippen LogP contribution is -2.66. The van der Waals surface area contributed by atoms with Crippen molar-refractivity contribution in [1.29, 1.82) is 0 Å². The molecule has 0 unspecified atom stereocenters. The number of fused-ring (bicyclic) bond motifs is 4. The molecular formula is C24H21N3O4S.